The lowest BCUT2D eigenvalue weighted by atomic mass is 10.0. The molecule has 21 heavy (non-hydrogen) atoms. The van der Waals surface area contributed by atoms with E-state index in [9.17, 15) is 9.59 Å². The minimum Gasteiger partial charge on any atom is -0.467 e. The van der Waals surface area contributed by atoms with Crippen molar-refractivity contribution < 1.29 is 14.3 Å². The lowest BCUT2D eigenvalue weighted by Gasteiger charge is -2.18. The second kappa shape index (κ2) is 7.81. The summed E-state index contributed by atoms with van der Waals surface area (Å²) < 4.78 is 4.75. The van der Waals surface area contributed by atoms with Gasteiger partial charge in [0.2, 0.25) is 0 Å². The molecule has 0 aliphatic heterocycles. The average molecular weight is 291 g/mol. The SMILES string of the molecule is COC(=O)C(CC(C)C)NC(=O)c1ccc(C(C)C)cc1. The minimum atomic E-state index is -0.604. The van der Waals surface area contributed by atoms with Crippen molar-refractivity contribution in [2.45, 2.75) is 46.1 Å². The normalized spacial score (nSPS) is 12.3. The van der Waals surface area contributed by atoms with Crippen LogP contribution in [-0.4, -0.2) is 25.0 Å². The van der Waals surface area contributed by atoms with Crippen LogP contribution in [-0.2, 0) is 9.53 Å². The first-order valence-electron chi connectivity index (χ1n) is 7.33. The molecule has 0 saturated carbocycles. The zero-order valence-corrected chi connectivity index (χ0v) is 13.5. The number of rotatable bonds is 6. The Hall–Kier alpha value is -1.84. The fraction of sp³-hybridized carbons (Fsp3) is 0.529. The smallest absolute Gasteiger partial charge is 0.328 e. The van der Waals surface area contributed by atoms with E-state index >= 15 is 0 Å². The molecule has 1 N–H and O–H groups in total. The van der Waals surface area contributed by atoms with Crippen molar-refractivity contribution in [3.05, 3.63) is 35.4 Å². The third-order valence-electron chi connectivity index (χ3n) is 3.34. The molecule has 1 aromatic rings. The number of hydrogen-bond donors (Lipinski definition) is 1. The largest absolute Gasteiger partial charge is 0.467 e. The van der Waals surface area contributed by atoms with Crippen LogP contribution in [0.15, 0.2) is 24.3 Å². The Balaban J connectivity index is 2.78. The molecule has 1 amide bonds. The van der Waals surface area contributed by atoms with E-state index in [0.29, 0.717) is 17.9 Å². The van der Waals surface area contributed by atoms with Gasteiger partial charge in [0.05, 0.1) is 7.11 Å². The number of methoxy groups -OCH3 is 1. The molecule has 0 radical (unpaired) electrons. The first kappa shape index (κ1) is 17.2. The maximum Gasteiger partial charge on any atom is 0.328 e. The topological polar surface area (TPSA) is 55.4 Å². The van der Waals surface area contributed by atoms with Gasteiger partial charge in [-0.3, -0.25) is 4.79 Å². The molecule has 0 saturated heterocycles. The van der Waals surface area contributed by atoms with Crippen molar-refractivity contribution in [2.75, 3.05) is 7.11 Å². The van der Waals surface area contributed by atoms with Crippen LogP contribution in [0.4, 0.5) is 0 Å². The van der Waals surface area contributed by atoms with Gasteiger partial charge in [-0.25, -0.2) is 4.79 Å². The fourth-order valence-corrected chi connectivity index (χ4v) is 2.09. The minimum absolute atomic E-state index is 0.249. The van der Waals surface area contributed by atoms with Crippen LogP contribution in [0.3, 0.4) is 0 Å². The van der Waals surface area contributed by atoms with E-state index in [2.05, 4.69) is 19.2 Å². The van der Waals surface area contributed by atoms with Crippen molar-refractivity contribution in [1.82, 2.24) is 5.32 Å². The highest BCUT2D eigenvalue weighted by atomic mass is 16.5. The summed E-state index contributed by atoms with van der Waals surface area (Å²) in [6.45, 7) is 8.20. The van der Waals surface area contributed by atoms with E-state index in [1.165, 1.54) is 12.7 Å². The number of nitrogens with one attached hydrogen (secondary N) is 1. The van der Waals surface area contributed by atoms with Crippen LogP contribution >= 0.6 is 0 Å². The Labute approximate surface area is 126 Å². The molecule has 0 bridgehead atoms. The molecule has 4 nitrogen and oxygen atoms in total. The second-order valence-electron chi connectivity index (χ2n) is 5.96. The van der Waals surface area contributed by atoms with E-state index < -0.39 is 12.0 Å². The number of benzene rings is 1. The summed E-state index contributed by atoms with van der Waals surface area (Å²) in [5.41, 5.74) is 1.73. The molecule has 1 aromatic carbocycles. The quantitative estimate of drug-likeness (QED) is 0.819. The molecule has 0 aliphatic carbocycles. The molecule has 0 aliphatic rings. The molecule has 0 spiro atoms. The fourth-order valence-electron chi connectivity index (χ4n) is 2.09. The Morgan fingerprint density at radius 2 is 1.67 bits per heavy atom. The van der Waals surface area contributed by atoms with Crippen molar-refractivity contribution in [2.24, 2.45) is 5.92 Å². The first-order valence-corrected chi connectivity index (χ1v) is 7.33. The van der Waals surface area contributed by atoms with Gasteiger partial charge in [0.1, 0.15) is 6.04 Å². The monoisotopic (exact) mass is 291 g/mol. The maximum atomic E-state index is 12.2. The predicted octanol–water partition coefficient (Wildman–Crippen LogP) is 3.13. The lowest BCUT2D eigenvalue weighted by molar-refractivity contribution is -0.143. The summed E-state index contributed by atoms with van der Waals surface area (Å²) >= 11 is 0. The van der Waals surface area contributed by atoms with Gasteiger partial charge in [-0.1, -0.05) is 39.8 Å². The summed E-state index contributed by atoms with van der Waals surface area (Å²) in [7, 11) is 1.33. The van der Waals surface area contributed by atoms with Crippen molar-refractivity contribution in [3.8, 4) is 0 Å². The summed E-state index contributed by atoms with van der Waals surface area (Å²) in [6.07, 6.45) is 0.558. The summed E-state index contributed by atoms with van der Waals surface area (Å²) in [5.74, 6) is 0.0563. The van der Waals surface area contributed by atoms with Gasteiger partial charge < -0.3 is 10.1 Å². The first-order chi connectivity index (χ1) is 9.85. The zero-order valence-electron chi connectivity index (χ0n) is 13.5. The van der Waals surface area contributed by atoms with Crippen LogP contribution in [0.2, 0.25) is 0 Å². The van der Waals surface area contributed by atoms with Gasteiger partial charge in [0.25, 0.3) is 5.91 Å². The number of carbonyl (C=O) groups excluding carboxylic acids is 2. The Bertz CT molecular complexity index is 477. The standard InChI is InChI=1S/C17H25NO3/c1-11(2)10-15(17(20)21-5)18-16(19)14-8-6-13(7-9-14)12(3)4/h6-9,11-12,15H,10H2,1-5H3,(H,18,19). The Morgan fingerprint density at radius 1 is 1.10 bits per heavy atom. The van der Waals surface area contributed by atoms with E-state index in [0.717, 1.165) is 0 Å². The van der Waals surface area contributed by atoms with Gasteiger partial charge >= 0.3 is 5.97 Å². The molecule has 0 heterocycles. The average Bonchev–Trinajstić information content (AvgIpc) is 2.45. The second-order valence-corrected chi connectivity index (χ2v) is 5.96. The summed E-state index contributed by atoms with van der Waals surface area (Å²) in [4.78, 5) is 23.9. The summed E-state index contributed by atoms with van der Waals surface area (Å²) in [5, 5.41) is 2.75. The van der Waals surface area contributed by atoms with Crippen LogP contribution in [0.5, 0.6) is 0 Å². The van der Waals surface area contributed by atoms with E-state index in [1.807, 2.05) is 26.0 Å². The lowest BCUT2D eigenvalue weighted by Crippen LogP contribution is -2.42. The Morgan fingerprint density at radius 3 is 2.10 bits per heavy atom. The van der Waals surface area contributed by atoms with Crippen molar-refractivity contribution in [1.29, 1.82) is 0 Å². The molecule has 116 valence electrons. The molecule has 0 fully saturated rings. The van der Waals surface area contributed by atoms with Gasteiger partial charge in [0, 0.05) is 5.56 Å². The number of esters is 1. The van der Waals surface area contributed by atoms with Crippen LogP contribution in [0, 0.1) is 5.92 Å². The Kier molecular flexibility index (Phi) is 6.40. The van der Waals surface area contributed by atoms with Gasteiger partial charge in [0.15, 0.2) is 0 Å². The molecule has 0 aromatic heterocycles. The molecular weight excluding hydrogens is 266 g/mol. The van der Waals surface area contributed by atoms with E-state index in [-0.39, 0.29) is 11.8 Å². The van der Waals surface area contributed by atoms with Gasteiger partial charge in [-0.15, -0.1) is 0 Å². The molecule has 4 heteroatoms. The zero-order chi connectivity index (χ0) is 16.0. The number of carbonyl (C=O) groups is 2. The van der Waals surface area contributed by atoms with Crippen molar-refractivity contribution >= 4 is 11.9 Å². The van der Waals surface area contributed by atoms with Gasteiger partial charge in [-0.05, 0) is 36.0 Å². The number of ether oxygens (including phenoxy) is 1. The van der Waals surface area contributed by atoms with E-state index in [1.54, 1.807) is 12.1 Å². The van der Waals surface area contributed by atoms with Crippen LogP contribution in [0.25, 0.3) is 0 Å². The number of amides is 1. The highest BCUT2D eigenvalue weighted by Gasteiger charge is 2.23. The summed E-state index contributed by atoms with van der Waals surface area (Å²) in [6, 6.07) is 6.85. The highest BCUT2D eigenvalue weighted by Crippen LogP contribution is 2.15. The predicted molar refractivity (Wildman–Crippen MR) is 83.3 cm³/mol. The van der Waals surface area contributed by atoms with Crippen LogP contribution < -0.4 is 5.32 Å². The third-order valence-corrected chi connectivity index (χ3v) is 3.34. The third kappa shape index (κ3) is 5.21. The molecule has 1 rings (SSSR count). The van der Waals surface area contributed by atoms with Crippen molar-refractivity contribution in [3.63, 3.8) is 0 Å². The van der Waals surface area contributed by atoms with E-state index in [4.69, 9.17) is 4.74 Å². The highest BCUT2D eigenvalue weighted by molar-refractivity contribution is 5.96. The van der Waals surface area contributed by atoms with Crippen LogP contribution in [0.1, 0.15) is 56.0 Å². The number of hydrogen-bond acceptors (Lipinski definition) is 3. The maximum absolute atomic E-state index is 12.2. The van der Waals surface area contributed by atoms with Gasteiger partial charge in [-0.2, -0.15) is 0 Å². The molecule has 1 unspecified atom stereocenters. The molecule has 1 atom stereocenters. The molecular formula is C17H25NO3.